The van der Waals surface area contributed by atoms with Gasteiger partial charge in [-0.05, 0) is 45.2 Å². The predicted octanol–water partition coefficient (Wildman–Crippen LogP) is 1.57. The number of nitrogens with zero attached hydrogens (tertiary/aromatic N) is 2. The Balaban J connectivity index is 0.00000625. The van der Waals surface area contributed by atoms with Gasteiger partial charge in [-0.1, -0.05) is 0 Å². The molecule has 0 aliphatic carbocycles. The molecule has 2 N–H and O–H groups in total. The molecule has 0 aromatic rings. The average Bonchev–Trinajstić information content (AvgIpc) is 2.65. The third-order valence-corrected chi connectivity index (χ3v) is 4.36. The molecule has 1 rings (SSSR count). The summed E-state index contributed by atoms with van der Waals surface area (Å²) in [6.45, 7) is 8.03. The molecule has 0 spiro atoms. The summed E-state index contributed by atoms with van der Waals surface area (Å²) in [5, 5.41) is 6.69. The highest BCUT2D eigenvalue weighted by Crippen LogP contribution is 2.14. The lowest BCUT2D eigenvalue weighted by atomic mass is 10.0. The summed E-state index contributed by atoms with van der Waals surface area (Å²) in [7, 11) is 5.66. The maximum atomic E-state index is 5.77. The molecule has 0 aromatic carbocycles. The zero-order valence-electron chi connectivity index (χ0n) is 16.8. The molecule has 0 atom stereocenters. The van der Waals surface area contributed by atoms with Crippen LogP contribution in [0.25, 0.3) is 0 Å². The standard InChI is InChI=1S/C18H38N4O3.HI/c1-19-18(20-8-4-10-22(2)11-15-23-3)21-9-5-12-25-16-17-6-13-24-14-7-17;/h17H,4-16H2,1-3H3,(H2,19,20,21);1H. The number of aliphatic imine (C=N–C) groups is 1. The molecule has 1 aliphatic heterocycles. The molecule has 0 radical (unpaired) electrons. The summed E-state index contributed by atoms with van der Waals surface area (Å²) in [6.07, 6.45) is 4.34. The van der Waals surface area contributed by atoms with Gasteiger partial charge < -0.3 is 29.7 Å². The third-order valence-electron chi connectivity index (χ3n) is 4.36. The first kappa shape index (κ1) is 25.8. The highest BCUT2D eigenvalue weighted by molar-refractivity contribution is 14.0. The highest BCUT2D eigenvalue weighted by atomic mass is 127. The number of likely N-dealkylation sites (N-methyl/N-ethyl adjacent to an activating group) is 1. The fourth-order valence-corrected chi connectivity index (χ4v) is 2.68. The molecule has 26 heavy (non-hydrogen) atoms. The van der Waals surface area contributed by atoms with Crippen molar-refractivity contribution in [1.29, 1.82) is 0 Å². The van der Waals surface area contributed by atoms with Gasteiger partial charge >= 0.3 is 0 Å². The molecule has 8 heteroatoms. The van der Waals surface area contributed by atoms with Crippen LogP contribution >= 0.6 is 24.0 Å². The van der Waals surface area contributed by atoms with Gasteiger partial charge in [0.15, 0.2) is 5.96 Å². The van der Waals surface area contributed by atoms with Gasteiger partial charge in [0.25, 0.3) is 0 Å². The summed E-state index contributed by atoms with van der Waals surface area (Å²) in [5.41, 5.74) is 0. The van der Waals surface area contributed by atoms with Gasteiger partial charge in [0.2, 0.25) is 0 Å². The minimum atomic E-state index is 0. The van der Waals surface area contributed by atoms with Crippen molar-refractivity contribution in [2.75, 3.05) is 80.4 Å². The van der Waals surface area contributed by atoms with Gasteiger partial charge in [-0.15, -0.1) is 24.0 Å². The van der Waals surface area contributed by atoms with E-state index in [9.17, 15) is 0 Å². The Morgan fingerprint density at radius 2 is 1.81 bits per heavy atom. The van der Waals surface area contributed by atoms with E-state index in [1.807, 2.05) is 7.05 Å². The number of halogens is 1. The number of hydrogen-bond acceptors (Lipinski definition) is 5. The molecule has 7 nitrogen and oxygen atoms in total. The molecular formula is C18H39IN4O3. The van der Waals surface area contributed by atoms with Crippen LogP contribution in [0.1, 0.15) is 25.7 Å². The van der Waals surface area contributed by atoms with Crippen LogP contribution in [0.3, 0.4) is 0 Å². The topological polar surface area (TPSA) is 67.4 Å². The van der Waals surface area contributed by atoms with Crippen LogP contribution in [0.15, 0.2) is 4.99 Å². The van der Waals surface area contributed by atoms with E-state index < -0.39 is 0 Å². The Labute approximate surface area is 176 Å². The molecule has 0 saturated carbocycles. The van der Waals surface area contributed by atoms with Crippen molar-refractivity contribution in [2.24, 2.45) is 10.9 Å². The van der Waals surface area contributed by atoms with Crippen molar-refractivity contribution in [2.45, 2.75) is 25.7 Å². The number of guanidine groups is 1. The maximum Gasteiger partial charge on any atom is 0.190 e. The van der Waals surface area contributed by atoms with Gasteiger partial charge in [0.05, 0.1) is 6.61 Å². The fourth-order valence-electron chi connectivity index (χ4n) is 2.68. The van der Waals surface area contributed by atoms with E-state index in [1.54, 1.807) is 7.11 Å². The van der Waals surface area contributed by atoms with E-state index in [4.69, 9.17) is 14.2 Å². The number of hydrogen-bond donors (Lipinski definition) is 2. The monoisotopic (exact) mass is 486 g/mol. The quantitative estimate of drug-likeness (QED) is 0.178. The predicted molar refractivity (Wildman–Crippen MR) is 118 cm³/mol. The second kappa shape index (κ2) is 18.2. The van der Waals surface area contributed by atoms with E-state index in [-0.39, 0.29) is 24.0 Å². The van der Waals surface area contributed by atoms with Crippen molar-refractivity contribution in [3.63, 3.8) is 0 Å². The van der Waals surface area contributed by atoms with Crippen molar-refractivity contribution in [1.82, 2.24) is 15.5 Å². The molecule has 1 heterocycles. The number of methoxy groups -OCH3 is 1. The summed E-state index contributed by atoms with van der Waals surface area (Å²) < 4.78 is 16.2. The van der Waals surface area contributed by atoms with Crippen molar-refractivity contribution < 1.29 is 14.2 Å². The Bertz CT molecular complexity index is 342. The average molecular weight is 486 g/mol. The number of ether oxygens (including phenoxy) is 3. The third kappa shape index (κ3) is 14.0. The fraction of sp³-hybridized carbons (Fsp3) is 0.944. The minimum Gasteiger partial charge on any atom is -0.383 e. The molecule has 1 fully saturated rings. The maximum absolute atomic E-state index is 5.77. The summed E-state index contributed by atoms with van der Waals surface area (Å²) >= 11 is 0. The molecular weight excluding hydrogens is 447 g/mol. The van der Waals surface area contributed by atoms with Gasteiger partial charge in [-0.25, -0.2) is 0 Å². The molecule has 1 aliphatic rings. The second-order valence-corrected chi connectivity index (χ2v) is 6.56. The first-order valence-corrected chi connectivity index (χ1v) is 9.53. The Morgan fingerprint density at radius 1 is 1.12 bits per heavy atom. The van der Waals surface area contributed by atoms with Crippen LogP contribution < -0.4 is 10.6 Å². The van der Waals surface area contributed by atoms with Crippen molar-refractivity contribution in [3.05, 3.63) is 0 Å². The van der Waals surface area contributed by atoms with Crippen LogP contribution in [0.4, 0.5) is 0 Å². The lowest BCUT2D eigenvalue weighted by Crippen LogP contribution is -2.39. The summed E-state index contributed by atoms with van der Waals surface area (Å²) in [6, 6.07) is 0. The Kier molecular flexibility index (Phi) is 18.1. The zero-order valence-corrected chi connectivity index (χ0v) is 19.1. The van der Waals surface area contributed by atoms with Crippen LogP contribution in [0, 0.1) is 5.92 Å². The van der Waals surface area contributed by atoms with Gasteiger partial charge in [-0.2, -0.15) is 0 Å². The summed E-state index contributed by atoms with van der Waals surface area (Å²) in [4.78, 5) is 6.53. The van der Waals surface area contributed by atoms with E-state index in [0.29, 0.717) is 5.92 Å². The van der Waals surface area contributed by atoms with E-state index in [1.165, 1.54) is 0 Å². The molecule has 0 bridgehead atoms. The van der Waals surface area contributed by atoms with Crippen LogP contribution in [0.5, 0.6) is 0 Å². The smallest absolute Gasteiger partial charge is 0.190 e. The lowest BCUT2D eigenvalue weighted by molar-refractivity contribution is 0.0203. The van der Waals surface area contributed by atoms with Gasteiger partial charge in [0.1, 0.15) is 0 Å². The Morgan fingerprint density at radius 3 is 2.46 bits per heavy atom. The van der Waals surface area contributed by atoms with Crippen LogP contribution in [-0.2, 0) is 14.2 Å². The van der Waals surface area contributed by atoms with E-state index in [2.05, 4.69) is 27.6 Å². The molecule has 1 saturated heterocycles. The van der Waals surface area contributed by atoms with Crippen LogP contribution in [0.2, 0.25) is 0 Å². The first-order valence-electron chi connectivity index (χ1n) is 9.53. The van der Waals surface area contributed by atoms with Crippen LogP contribution in [-0.4, -0.2) is 91.3 Å². The SMILES string of the molecule is CN=C(NCCCOCC1CCOCC1)NCCCN(C)CCOC.I. The normalized spacial score (nSPS) is 15.8. The molecule has 156 valence electrons. The van der Waals surface area contributed by atoms with E-state index in [0.717, 1.165) is 90.9 Å². The second-order valence-electron chi connectivity index (χ2n) is 6.56. The van der Waals surface area contributed by atoms with Crippen molar-refractivity contribution in [3.8, 4) is 0 Å². The lowest BCUT2D eigenvalue weighted by Gasteiger charge is -2.21. The van der Waals surface area contributed by atoms with Gasteiger partial charge in [0, 0.05) is 60.2 Å². The largest absolute Gasteiger partial charge is 0.383 e. The summed E-state index contributed by atoms with van der Waals surface area (Å²) in [5.74, 6) is 1.54. The van der Waals surface area contributed by atoms with Crippen molar-refractivity contribution >= 4 is 29.9 Å². The molecule has 0 aromatic heterocycles. The number of rotatable bonds is 13. The highest BCUT2D eigenvalue weighted by Gasteiger charge is 2.13. The van der Waals surface area contributed by atoms with Gasteiger partial charge in [-0.3, -0.25) is 4.99 Å². The first-order chi connectivity index (χ1) is 12.3. The Hall–Kier alpha value is -0.160. The zero-order chi connectivity index (χ0) is 18.2. The molecule has 0 unspecified atom stereocenters. The molecule has 0 amide bonds. The van der Waals surface area contributed by atoms with E-state index >= 15 is 0 Å². The number of nitrogens with one attached hydrogen (secondary N) is 2. The minimum absolute atomic E-state index is 0.